The molecule has 0 atom stereocenters. The van der Waals surface area contributed by atoms with E-state index in [0.29, 0.717) is 22.8 Å². The van der Waals surface area contributed by atoms with Crippen molar-refractivity contribution < 1.29 is 0 Å². The summed E-state index contributed by atoms with van der Waals surface area (Å²) in [4.78, 5) is 23.8. The van der Waals surface area contributed by atoms with Gasteiger partial charge in [-0.25, -0.2) is 0 Å². The number of hydrogen-bond acceptors (Lipinski definition) is 3. The average molecular weight is 326 g/mol. The molecule has 3 aromatic carbocycles. The number of benzene rings is 2. The van der Waals surface area contributed by atoms with Gasteiger partial charge in [-0.1, -0.05) is 41.9 Å². The zero-order chi connectivity index (χ0) is 16.6. The van der Waals surface area contributed by atoms with Gasteiger partial charge in [-0.2, -0.15) is 0 Å². The molecule has 0 radical (unpaired) electrons. The summed E-state index contributed by atoms with van der Waals surface area (Å²) in [7, 11) is 0. The Hall–Kier alpha value is -2.39. The lowest BCUT2D eigenvalue weighted by Gasteiger charge is -2.14. The van der Waals surface area contributed by atoms with Gasteiger partial charge in [-0.3, -0.25) is 9.59 Å². The fraction of sp³-hybridized carbons (Fsp3) is 0.158. The molecule has 3 rings (SSSR count). The van der Waals surface area contributed by atoms with E-state index in [1.54, 1.807) is 12.1 Å². The molecule has 4 heteroatoms. The maximum absolute atomic E-state index is 12.0. The van der Waals surface area contributed by atoms with Crippen LogP contribution in [-0.2, 0) is 6.54 Å². The van der Waals surface area contributed by atoms with Gasteiger partial charge in [0.2, 0.25) is 10.9 Å². The van der Waals surface area contributed by atoms with Gasteiger partial charge in [0.1, 0.15) is 0 Å². The molecule has 0 saturated heterocycles. The predicted molar refractivity (Wildman–Crippen MR) is 95.0 cm³/mol. The van der Waals surface area contributed by atoms with Crippen LogP contribution in [0.5, 0.6) is 0 Å². The Morgan fingerprint density at radius 1 is 0.913 bits per heavy atom. The van der Waals surface area contributed by atoms with Gasteiger partial charge in [0, 0.05) is 11.6 Å². The summed E-state index contributed by atoms with van der Waals surface area (Å²) in [5.41, 5.74) is 4.03. The molecule has 23 heavy (non-hydrogen) atoms. The van der Waals surface area contributed by atoms with E-state index in [9.17, 15) is 9.59 Å². The van der Waals surface area contributed by atoms with Gasteiger partial charge in [-0.05, 0) is 48.2 Å². The van der Waals surface area contributed by atoms with Crippen molar-refractivity contribution in [2.24, 2.45) is 0 Å². The van der Waals surface area contributed by atoms with Crippen LogP contribution in [-0.4, -0.2) is 0 Å². The Bertz CT molecular complexity index is 935. The molecule has 0 aliphatic rings. The normalized spacial score (nSPS) is 10.9. The van der Waals surface area contributed by atoms with Crippen LogP contribution in [0, 0.1) is 13.8 Å². The third-order valence-electron chi connectivity index (χ3n) is 4.09. The number of hydrogen-bond donors (Lipinski definition) is 1. The first kappa shape index (κ1) is 15.5. The summed E-state index contributed by atoms with van der Waals surface area (Å²) >= 11 is 5.86. The fourth-order valence-electron chi connectivity index (χ4n) is 2.53. The smallest absolute Gasteiger partial charge is 0.250 e. The quantitative estimate of drug-likeness (QED) is 0.741. The lowest BCUT2D eigenvalue weighted by molar-refractivity contribution is 1.13. The number of nitrogens with one attached hydrogen (secondary N) is 1. The molecule has 0 heterocycles. The standard InChI is InChI=1S/C19H16ClNO2/c1-11-3-6-14(9-12(11)2)16-17(19(23)18(16)22)21-10-13-4-7-15(20)8-5-13/h3-9,21H,10H2,1-2H3. The Kier molecular flexibility index (Phi) is 4.05. The van der Waals surface area contributed by atoms with Crippen LogP contribution < -0.4 is 16.2 Å². The van der Waals surface area contributed by atoms with Gasteiger partial charge in [-0.15, -0.1) is 0 Å². The SMILES string of the molecule is Cc1ccc(-c2c(NCc3ccc(Cl)cc3)c(=O)c2=O)cc1C. The zero-order valence-electron chi connectivity index (χ0n) is 12.9. The third-order valence-corrected chi connectivity index (χ3v) is 4.34. The molecular formula is C19H16ClNO2. The first-order valence-electron chi connectivity index (χ1n) is 7.36. The van der Waals surface area contributed by atoms with E-state index in [2.05, 4.69) is 5.32 Å². The summed E-state index contributed by atoms with van der Waals surface area (Å²) < 4.78 is 0. The first-order valence-corrected chi connectivity index (χ1v) is 7.74. The lowest BCUT2D eigenvalue weighted by Crippen LogP contribution is -2.36. The predicted octanol–water partition coefficient (Wildman–Crippen LogP) is 3.83. The van der Waals surface area contributed by atoms with Gasteiger partial charge in [0.05, 0.1) is 11.3 Å². The maximum atomic E-state index is 12.0. The molecule has 0 fully saturated rings. The highest BCUT2D eigenvalue weighted by atomic mass is 35.5. The Balaban J connectivity index is 1.88. The molecule has 3 nitrogen and oxygen atoms in total. The van der Waals surface area contributed by atoms with E-state index in [1.165, 1.54) is 0 Å². The van der Waals surface area contributed by atoms with Crippen molar-refractivity contribution >= 4 is 17.3 Å². The molecule has 0 bridgehead atoms. The Labute approximate surface area is 139 Å². The highest BCUT2D eigenvalue weighted by molar-refractivity contribution is 6.30. The van der Waals surface area contributed by atoms with Crippen LogP contribution in [0.15, 0.2) is 52.1 Å². The van der Waals surface area contributed by atoms with Crippen molar-refractivity contribution in [3.63, 3.8) is 0 Å². The number of rotatable bonds is 4. The second kappa shape index (κ2) is 6.01. The van der Waals surface area contributed by atoms with Crippen molar-refractivity contribution in [1.82, 2.24) is 0 Å². The monoisotopic (exact) mass is 325 g/mol. The average Bonchev–Trinajstić information content (AvgIpc) is 2.55. The lowest BCUT2D eigenvalue weighted by atomic mass is 9.95. The van der Waals surface area contributed by atoms with Crippen LogP contribution >= 0.6 is 11.6 Å². The molecule has 1 N–H and O–H groups in total. The molecule has 0 amide bonds. The third kappa shape index (κ3) is 2.92. The van der Waals surface area contributed by atoms with Crippen LogP contribution in [0.2, 0.25) is 5.02 Å². The van der Waals surface area contributed by atoms with Crippen LogP contribution in [0.1, 0.15) is 16.7 Å². The number of anilines is 1. The van der Waals surface area contributed by atoms with Crippen LogP contribution in [0.3, 0.4) is 0 Å². The van der Waals surface area contributed by atoms with Crippen molar-refractivity contribution in [1.29, 1.82) is 0 Å². The van der Waals surface area contributed by atoms with E-state index in [1.807, 2.05) is 44.2 Å². The highest BCUT2D eigenvalue weighted by Gasteiger charge is 2.22. The summed E-state index contributed by atoms with van der Waals surface area (Å²) in [6.07, 6.45) is 0. The molecule has 0 unspecified atom stereocenters. The number of aryl methyl sites for hydroxylation is 2. The van der Waals surface area contributed by atoms with Crippen molar-refractivity contribution in [2.75, 3.05) is 5.32 Å². The van der Waals surface area contributed by atoms with Gasteiger partial charge in [0.15, 0.2) is 0 Å². The molecule has 0 saturated carbocycles. The molecule has 116 valence electrons. The first-order chi connectivity index (χ1) is 11.0. The largest absolute Gasteiger partial charge is 0.377 e. The Morgan fingerprint density at radius 2 is 1.61 bits per heavy atom. The molecule has 0 aromatic heterocycles. The molecule has 0 spiro atoms. The summed E-state index contributed by atoms with van der Waals surface area (Å²) in [6.45, 7) is 4.48. The van der Waals surface area contributed by atoms with E-state index in [4.69, 9.17) is 11.6 Å². The van der Waals surface area contributed by atoms with E-state index in [0.717, 1.165) is 22.3 Å². The van der Waals surface area contributed by atoms with Crippen molar-refractivity contribution in [3.8, 4) is 11.1 Å². The highest BCUT2D eigenvalue weighted by Crippen LogP contribution is 2.26. The summed E-state index contributed by atoms with van der Waals surface area (Å²) in [5, 5.41) is 3.75. The minimum atomic E-state index is -0.452. The fourth-order valence-corrected chi connectivity index (χ4v) is 2.65. The molecule has 0 aliphatic heterocycles. The van der Waals surface area contributed by atoms with Crippen molar-refractivity contribution in [2.45, 2.75) is 20.4 Å². The minimum Gasteiger partial charge on any atom is -0.377 e. The molecular weight excluding hydrogens is 310 g/mol. The van der Waals surface area contributed by atoms with Crippen LogP contribution in [0.25, 0.3) is 11.1 Å². The van der Waals surface area contributed by atoms with Crippen molar-refractivity contribution in [3.05, 3.63) is 84.6 Å². The summed E-state index contributed by atoms with van der Waals surface area (Å²) in [6, 6.07) is 13.2. The maximum Gasteiger partial charge on any atom is 0.250 e. The topological polar surface area (TPSA) is 46.2 Å². The zero-order valence-corrected chi connectivity index (χ0v) is 13.7. The van der Waals surface area contributed by atoms with Gasteiger partial charge < -0.3 is 5.32 Å². The van der Waals surface area contributed by atoms with Gasteiger partial charge in [0.25, 0.3) is 0 Å². The number of halogens is 1. The molecule has 0 aliphatic carbocycles. The van der Waals surface area contributed by atoms with E-state index in [-0.39, 0.29) is 0 Å². The van der Waals surface area contributed by atoms with E-state index >= 15 is 0 Å². The molecule has 3 aromatic rings. The van der Waals surface area contributed by atoms with Crippen LogP contribution in [0.4, 0.5) is 5.69 Å². The summed E-state index contributed by atoms with van der Waals surface area (Å²) in [5.74, 6) is 0. The Morgan fingerprint density at radius 3 is 2.26 bits per heavy atom. The second-order valence-electron chi connectivity index (χ2n) is 5.69. The van der Waals surface area contributed by atoms with Gasteiger partial charge >= 0.3 is 0 Å². The second-order valence-corrected chi connectivity index (χ2v) is 6.12. The van der Waals surface area contributed by atoms with E-state index < -0.39 is 10.9 Å². The minimum absolute atomic E-state index is 0.396.